The van der Waals surface area contributed by atoms with Gasteiger partial charge in [0.15, 0.2) is 11.4 Å². The fourth-order valence-corrected chi connectivity index (χ4v) is 2.77. The third-order valence-corrected chi connectivity index (χ3v) is 4.26. The number of furan rings is 1. The van der Waals surface area contributed by atoms with Crippen molar-refractivity contribution < 1.29 is 32.4 Å². The molecule has 2 aromatic rings. The molecule has 0 saturated heterocycles. The van der Waals surface area contributed by atoms with Crippen molar-refractivity contribution in [3.63, 3.8) is 0 Å². The van der Waals surface area contributed by atoms with Crippen LogP contribution in [-0.2, 0) is 15.3 Å². The molecule has 0 atom stereocenters. The molecule has 0 N–H and O–H groups in total. The van der Waals surface area contributed by atoms with E-state index in [2.05, 4.69) is 4.99 Å². The predicted octanol–water partition coefficient (Wildman–Crippen LogP) is 4.00. The number of benzene rings is 1. The highest BCUT2D eigenvalue weighted by molar-refractivity contribution is 7.98. The van der Waals surface area contributed by atoms with Crippen molar-refractivity contribution in [2.75, 3.05) is 7.11 Å². The summed E-state index contributed by atoms with van der Waals surface area (Å²) in [6.45, 7) is 0. The number of rotatable bonds is 7. The number of methoxy groups -OCH3 is 1. The summed E-state index contributed by atoms with van der Waals surface area (Å²) in [5.74, 6) is -2.80. The van der Waals surface area contributed by atoms with E-state index in [1.54, 1.807) is 0 Å². The maximum atomic E-state index is 12.2. The van der Waals surface area contributed by atoms with Gasteiger partial charge in [-0.3, -0.25) is 10.1 Å². The first-order valence-electron chi connectivity index (χ1n) is 7.71. The van der Waals surface area contributed by atoms with Gasteiger partial charge >= 0.3 is 11.7 Å². The number of thioether (sulfide) groups is 1. The lowest BCUT2D eigenvalue weighted by molar-refractivity contribution is -0.385. The standard InChI is InChI=1S/C17H12F2N2O6S/c1-25-14-5-2-9(6-13(14)21(23)24)15-20-12(16(22)27-15)7-10-3-4-11(26-10)8-28-17(18)19/h2-7,17H,8H2,1H3/b12-7-. The van der Waals surface area contributed by atoms with Crippen LogP contribution in [0, 0.1) is 10.1 Å². The van der Waals surface area contributed by atoms with E-state index >= 15 is 0 Å². The number of nitrogens with zero attached hydrogens (tertiary/aromatic N) is 2. The summed E-state index contributed by atoms with van der Waals surface area (Å²) in [6.07, 6.45) is 1.30. The first-order valence-corrected chi connectivity index (χ1v) is 8.76. The molecule has 0 bridgehead atoms. The predicted molar refractivity (Wildman–Crippen MR) is 96.3 cm³/mol. The largest absolute Gasteiger partial charge is 0.490 e. The SMILES string of the molecule is COc1ccc(C2=N/C(=C\c3ccc(CSC(F)F)o3)C(=O)O2)cc1[N+](=O)[O-]. The molecule has 0 radical (unpaired) electrons. The van der Waals surface area contributed by atoms with Gasteiger partial charge in [-0.2, -0.15) is 8.78 Å². The van der Waals surface area contributed by atoms with Gasteiger partial charge in [0, 0.05) is 17.7 Å². The van der Waals surface area contributed by atoms with Crippen molar-refractivity contribution in [1.29, 1.82) is 0 Å². The van der Waals surface area contributed by atoms with Crippen LogP contribution in [0.1, 0.15) is 17.1 Å². The molecule has 0 unspecified atom stereocenters. The molecule has 1 aromatic heterocycles. The summed E-state index contributed by atoms with van der Waals surface area (Å²) in [7, 11) is 1.30. The van der Waals surface area contributed by atoms with E-state index in [1.807, 2.05) is 0 Å². The Labute approximate surface area is 161 Å². The molecule has 11 heteroatoms. The molecular formula is C17H12F2N2O6S. The maximum absolute atomic E-state index is 12.2. The zero-order valence-electron chi connectivity index (χ0n) is 14.3. The number of carbonyl (C=O) groups is 1. The molecule has 1 aromatic carbocycles. The summed E-state index contributed by atoms with van der Waals surface area (Å²) in [5.41, 5.74) is -0.169. The number of ether oxygens (including phenoxy) is 2. The highest BCUT2D eigenvalue weighted by Gasteiger charge is 2.27. The second kappa shape index (κ2) is 8.21. The number of nitro benzene ring substituents is 1. The van der Waals surface area contributed by atoms with Crippen molar-refractivity contribution in [2.45, 2.75) is 11.5 Å². The monoisotopic (exact) mass is 410 g/mol. The first kappa shape index (κ1) is 19.5. The molecule has 0 spiro atoms. The summed E-state index contributed by atoms with van der Waals surface area (Å²) in [6, 6.07) is 7.03. The molecule has 1 aliphatic heterocycles. The highest BCUT2D eigenvalue weighted by atomic mass is 32.2. The zero-order chi connectivity index (χ0) is 20.3. The van der Waals surface area contributed by atoms with Crippen LogP contribution in [0.25, 0.3) is 6.08 Å². The second-order valence-corrected chi connectivity index (χ2v) is 6.33. The topological polar surface area (TPSA) is 104 Å². The fraction of sp³-hybridized carbons (Fsp3) is 0.176. The Kier molecular flexibility index (Phi) is 5.73. The van der Waals surface area contributed by atoms with Gasteiger partial charge in [0.25, 0.3) is 5.76 Å². The maximum Gasteiger partial charge on any atom is 0.363 e. The molecule has 0 aliphatic carbocycles. The normalized spacial score (nSPS) is 15.1. The van der Waals surface area contributed by atoms with Crippen LogP contribution in [0.4, 0.5) is 14.5 Å². The molecule has 8 nitrogen and oxygen atoms in total. The van der Waals surface area contributed by atoms with Gasteiger partial charge in [0.1, 0.15) is 11.5 Å². The van der Waals surface area contributed by atoms with Crippen molar-refractivity contribution in [3.05, 3.63) is 63.2 Å². The number of esters is 1. The lowest BCUT2D eigenvalue weighted by Gasteiger charge is -2.03. The van der Waals surface area contributed by atoms with Crippen molar-refractivity contribution in [1.82, 2.24) is 0 Å². The van der Waals surface area contributed by atoms with E-state index in [0.717, 1.165) is 0 Å². The number of hydrogen-bond donors (Lipinski definition) is 0. The number of nitro groups is 1. The minimum absolute atomic E-state index is 0.0185. The Morgan fingerprint density at radius 3 is 2.82 bits per heavy atom. The average molecular weight is 410 g/mol. The van der Waals surface area contributed by atoms with Gasteiger partial charge in [-0.1, -0.05) is 11.8 Å². The first-order chi connectivity index (χ1) is 13.4. The molecular weight excluding hydrogens is 398 g/mol. The Bertz CT molecular complexity index is 986. The Morgan fingerprint density at radius 1 is 1.36 bits per heavy atom. The van der Waals surface area contributed by atoms with Crippen LogP contribution in [0.15, 0.2) is 45.4 Å². The minimum atomic E-state index is -2.52. The van der Waals surface area contributed by atoms with Crippen LogP contribution in [-0.4, -0.2) is 29.7 Å². The molecule has 0 saturated carbocycles. The number of carbonyl (C=O) groups excluding carboxylic acids is 1. The van der Waals surface area contributed by atoms with Crippen LogP contribution in [0.2, 0.25) is 0 Å². The Balaban J connectivity index is 1.84. The number of halogens is 2. The lowest BCUT2D eigenvalue weighted by Crippen LogP contribution is -2.06. The molecule has 1 aliphatic rings. The van der Waals surface area contributed by atoms with Gasteiger partial charge in [0.05, 0.1) is 17.8 Å². The van der Waals surface area contributed by atoms with E-state index in [-0.39, 0.29) is 40.1 Å². The van der Waals surface area contributed by atoms with E-state index in [4.69, 9.17) is 13.9 Å². The van der Waals surface area contributed by atoms with Gasteiger partial charge in [-0.25, -0.2) is 9.79 Å². The molecule has 0 fully saturated rings. The van der Waals surface area contributed by atoms with E-state index in [0.29, 0.717) is 17.5 Å². The number of cyclic esters (lactones) is 1. The second-order valence-electron chi connectivity index (χ2n) is 5.36. The average Bonchev–Trinajstić information content (AvgIpc) is 3.26. The fourth-order valence-electron chi connectivity index (χ4n) is 2.33. The summed E-state index contributed by atoms with van der Waals surface area (Å²) in [4.78, 5) is 26.5. The van der Waals surface area contributed by atoms with E-state index < -0.39 is 16.7 Å². The molecule has 3 rings (SSSR count). The van der Waals surface area contributed by atoms with Gasteiger partial charge in [-0.15, -0.1) is 0 Å². The van der Waals surface area contributed by atoms with Gasteiger partial charge < -0.3 is 13.9 Å². The molecule has 0 amide bonds. The van der Waals surface area contributed by atoms with Crippen molar-refractivity contribution >= 4 is 35.4 Å². The molecule has 146 valence electrons. The van der Waals surface area contributed by atoms with Crippen LogP contribution in [0.5, 0.6) is 5.75 Å². The van der Waals surface area contributed by atoms with Crippen LogP contribution < -0.4 is 4.74 Å². The Morgan fingerprint density at radius 2 is 2.14 bits per heavy atom. The van der Waals surface area contributed by atoms with Gasteiger partial charge in [0.2, 0.25) is 5.90 Å². The smallest absolute Gasteiger partial charge is 0.363 e. The number of alkyl halides is 2. The quantitative estimate of drug-likeness (QED) is 0.294. The third-order valence-electron chi connectivity index (χ3n) is 3.56. The van der Waals surface area contributed by atoms with Crippen LogP contribution in [0.3, 0.4) is 0 Å². The molecule has 28 heavy (non-hydrogen) atoms. The summed E-state index contributed by atoms with van der Waals surface area (Å²) >= 11 is 0.413. The third kappa shape index (κ3) is 4.36. The van der Waals surface area contributed by atoms with E-state index in [1.165, 1.54) is 43.5 Å². The van der Waals surface area contributed by atoms with Crippen molar-refractivity contribution in [3.8, 4) is 5.75 Å². The summed E-state index contributed by atoms with van der Waals surface area (Å²) in [5, 5.41) is 11.1. The highest BCUT2D eigenvalue weighted by Crippen LogP contribution is 2.30. The summed E-state index contributed by atoms with van der Waals surface area (Å²) < 4.78 is 39.8. The van der Waals surface area contributed by atoms with Gasteiger partial charge in [-0.05, 0) is 24.3 Å². The van der Waals surface area contributed by atoms with E-state index in [9.17, 15) is 23.7 Å². The molecule has 2 heterocycles. The zero-order valence-corrected chi connectivity index (χ0v) is 15.1. The lowest BCUT2D eigenvalue weighted by atomic mass is 10.2. The number of aliphatic imine (C=N–C) groups is 1. The Hall–Kier alpha value is -3.21. The van der Waals surface area contributed by atoms with Crippen molar-refractivity contribution in [2.24, 2.45) is 4.99 Å². The number of hydrogen-bond acceptors (Lipinski definition) is 8. The van der Waals surface area contributed by atoms with Crippen LogP contribution >= 0.6 is 11.8 Å². The minimum Gasteiger partial charge on any atom is -0.490 e.